The van der Waals surface area contributed by atoms with Gasteiger partial charge in [-0.2, -0.15) is 5.10 Å². The number of halogens is 1. The summed E-state index contributed by atoms with van der Waals surface area (Å²) in [6.07, 6.45) is 0.859. The SMILES string of the molecule is Cc1nn([C@H]2CCS(=O)(=O)C2)c(Cl)c1C[NH2+]C[C@@H]1C[NH+](CC(C)C)CCO1. The number of hydrogen-bond acceptors (Lipinski definition) is 4. The van der Waals surface area contributed by atoms with Crippen molar-refractivity contribution in [2.75, 3.05) is 44.3 Å². The molecule has 9 heteroatoms. The van der Waals surface area contributed by atoms with Crippen LogP contribution in [-0.2, 0) is 21.1 Å². The quantitative estimate of drug-likeness (QED) is 0.605. The second-order valence-corrected chi connectivity index (χ2v) is 11.0. The molecule has 3 atom stereocenters. The monoisotopic (exact) mass is 420 g/mol. The fourth-order valence-electron chi connectivity index (χ4n) is 4.18. The molecule has 7 nitrogen and oxygen atoms in total. The highest BCUT2D eigenvalue weighted by Gasteiger charge is 2.32. The first-order valence-electron chi connectivity index (χ1n) is 9.96. The number of aromatic nitrogens is 2. The number of hydrogen-bond donors (Lipinski definition) is 2. The number of rotatable bonds is 7. The molecule has 3 N–H and O–H groups in total. The number of quaternary nitrogens is 2. The molecule has 2 aliphatic rings. The molecule has 1 aromatic rings. The zero-order valence-electron chi connectivity index (χ0n) is 16.6. The van der Waals surface area contributed by atoms with Crippen LogP contribution in [0, 0.1) is 12.8 Å². The van der Waals surface area contributed by atoms with Gasteiger partial charge in [0.15, 0.2) is 15.9 Å². The highest BCUT2D eigenvalue weighted by molar-refractivity contribution is 7.91. The van der Waals surface area contributed by atoms with E-state index >= 15 is 0 Å². The van der Waals surface area contributed by atoms with Crippen LogP contribution < -0.4 is 10.2 Å². The lowest BCUT2D eigenvalue weighted by molar-refractivity contribution is -0.917. The fraction of sp³-hybridized carbons (Fsp3) is 0.833. The van der Waals surface area contributed by atoms with Gasteiger partial charge in [0.2, 0.25) is 0 Å². The molecule has 0 aromatic carbocycles. The van der Waals surface area contributed by atoms with E-state index in [1.54, 1.807) is 9.58 Å². The minimum absolute atomic E-state index is 0.134. The maximum absolute atomic E-state index is 11.8. The van der Waals surface area contributed by atoms with Crippen LogP contribution in [0.15, 0.2) is 0 Å². The summed E-state index contributed by atoms with van der Waals surface area (Å²) in [5.41, 5.74) is 1.89. The van der Waals surface area contributed by atoms with Gasteiger partial charge in [0, 0.05) is 5.92 Å². The Morgan fingerprint density at radius 3 is 2.89 bits per heavy atom. The largest absolute Gasteiger partial charge is 0.361 e. The minimum Gasteiger partial charge on any atom is -0.361 e. The molecule has 0 radical (unpaired) electrons. The van der Waals surface area contributed by atoms with Crippen molar-refractivity contribution in [3.05, 3.63) is 16.4 Å². The zero-order chi connectivity index (χ0) is 19.6. The Labute approximate surface area is 167 Å². The second kappa shape index (κ2) is 8.78. The van der Waals surface area contributed by atoms with Gasteiger partial charge < -0.3 is 15.0 Å². The van der Waals surface area contributed by atoms with Gasteiger partial charge in [-0.15, -0.1) is 0 Å². The molecule has 2 saturated heterocycles. The molecule has 2 aliphatic heterocycles. The van der Waals surface area contributed by atoms with E-state index < -0.39 is 9.84 Å². The van der Waals surface area contributed by atoms with Crippen LogP contribution in [0.3, 0.4) is 0 Å². The molecule has 3 heterocycles. The Morgan fingerprint density at radius 2 is 2.22 bits per heavy atom. The average molecular weight is 421 g/mol. The lowest BCUT2D eigenvalue weighted by Gasteiger charge is -2.30. The van der Waals surface area contributed by atoms with Crippen LogP contribution in [0.25, 0.3) is 0 Å². The Bertz CT molecular complexity index is 750. The van der Waals surface area contributed by atoms with Crippen molar-refractivity contribution in [3.63, 3.8) is 0 Å². The molecule has 27 heavy (non-hydrogen) atoms. The molecule has 2 fully saturated rings. The van der Waals surface area contributed by atoms with Crippen LogP contribution in [0.4, 0.5) is 0 Å². The van der Waals surface area contributed by atoms with Crippen LogP contribution in [0.5, 0.6) is 0 Å². The summed E-state index contributed by atoms with van der Waals surface area (Å²) in [7, 11) is -2.96. The first-order chi connectivity index (χ1) is 12.7. The van der Waals surface area contributed by atoms with Gasteiger partial charge in [-0.3, -0.25) is 0 Å². The topological polar surface area (TPSA) is 82.2 Å². The predicted molar refractivity (Wildman–Crippen MR) is 105 cm³/mol. The Morgan fingerprint density at radius 1 is 1.44 bits per heavy atom. The van der Waals surface area contributed by atoms with Crippen molar-refractivity contribution in [3.8, 4) is 0 Å². The van der Waals surface area contributed by atoms with E-state index in [-0.39, 0.29) is 23.7 Å². The normalized spacial score (nSPS) is 28.1. The van der Waals surface area contributed by atoms with Crippen molar-refractivity contribution >= 4 is 21.4 Å². The van der Waals surface area contributed by atoms with Crippen LogP contribution in [0.1, 0.15) is 37.6 Å². The highest BCUT2D eigenvalue weighted by Crippen LogP contribution is 2.29. The van der Waals surface area contributed by atoms with Gasteiger partial charge >= 0.3 is 0 Å². The third kappa shape index (κ3) is 5.44. The molecule has 154 valence electrons. The van der Waals surface area contributed by atoms with E-state index in [2.05, 4.69) is 24.3 Å². The Hall–Kier alpha value is -0.670. The number of nitrogens with one attached hydrogen (secondary N) is 1. The summed E-state index contributed by atoms with van der Waals surface area (Å²) in [6, 6.07) is -0.134. The Kier molecular flexibility index (Phi) is 6.84. The molecular weight excluding hydrogens is 388 g/mol. The summed E-state index contributed by atoms with van der Waals surface area (Å²) in [5, 5.41) is 7.35. The fourth-order valence-corrected chi connectivity index (χ4v) is 6.26. The lowest BCUT2D eigenvalue weighted by atomic mass is 10.1. The highest BCUT2D eigenvalue weighted by atomic mass is 35.5. The van der Waals surface area contributed by atoms with E-state index in [0.717, 1.165) is 44.0 Å². The van der Waals surface area contributed by atoms with E-state index in [1.807, 2.05) is 6.92 Å². The molecule has 0 amide bonds. The number of nitrogens with two attached hydrogens (primary N) is 1. The number of ether oxygens (including phenoxy) is 1. The first-order valence-corrected chi connectivity index (χ1v) is 12.2. The first kappa shape index (κ1) is 21.0. The number of morpholine rings is 1. The lowest BCUT2D eigenvalue weighted by Crippen LogP contribution is -3.16. The standard InChI is InChI=1S/C18H31ClN4O3S/c1-13(2)10-22-5-6-26-16(11-22)8-20-9-17-14(3)21-23(18(17)19)15-4-7-27(24,25)12-15/h13,15-16,20H,4-12H2,1-3H3/p+2/t15-,16+/m0/s1. The van der Waals surface area contributed by atoms with Crippen LogP contribution in [0.2, 0.25) is 5.15 Å². The van der Waals surface area contributed by atoms with Gasteiger partial charge in [-0.25, -0.2) is 13.1 Å². The van der Waals surface area contributed by atoms with Gasteiger partial charge in [-0.1, -0.05) is 25.4 Å². The maximum Gasteiger partial charge on any atom is 0.155 e. The minimum atomic E-state index is -2.96. The zero-order valence-corrected chi connectivity index (χ0v) is 18.2. The van der Waals surface area contributed by atoms with E-state index in [9.17, 15) is 8.42 Å². The van der Waals surface area contributed by atoms with Crippen molar-refractivity contribution in [1.82, 2.24) is 9.78 Å². The van der Waals surface area contributed by atoms with Gasteiger partial charge in [0.1, 0.15) is 31.3 Å². The van der Waals surface area contributed by atoms with Crippen LogP contribution in [-0.4, -0.2) is 68.6 Å². The van der Waals surface area contributed by atoms with Gasteiger partial charge in [-0.05, 0) is 13.3 Å². The summed E-state index contributed by atoms with van der Waals surface area (Å²) < 4.78 is 31.1. The molecule has 1 aromatic heterocycles. The molecular formula is C18H33ClN4O3S+2. The maximum atomic E-state index is 11.8. The van der Waals surface area contributed by atoms with Crippen molar-refractivity contribution in [2.24, 2.45) is 5.92 Å². The molecule has 0 saturated carbocycles. The Balaban J connectivity index is 1.54. The van der Waals surface area contributed by atoms with Crippen molar-refractivity contribution in [2.45, 2.75) is 45.9 Å². The smallest absolute Gasteiger partial charge is 0.155 e. The number of aryl methyl sites for hydroxylation is 1. The van der Waals surface area contributed by atoms with Crippen molar-refractivity contribution in [1.29, 1.82) is 0 Å². The predicted octanol–water partition coefficient (Wildman–Crippen LogP) is -0.792. The molecule has 1 unspecified atom stereocenters. The number of nitrogens with zero attached hydrogens (tertiary/aromatic N) is 2. The second-order valence-electron chi connectivity index (χ2n) is 8.38. The van der Waals surface area contributed by atoms with Crippen molar-refractivity contribution < 1.29 is 23.4 Å². The van der Waals surface area contributed by atoms with E-state index in [1.165, 1.54) is 6.54 Å². The number of sulfone groups is 1. The molecule has 0 spiro atoms. The summed E-state index contributed by atoms with van der Waals surface area (Å²) in [6.45, 7) is 12.3. The summed E-state index contributed by atoms with van der Waals surface area (Å²) in [5.74, 6) is 1.07. The van der Waals surface area contributed by atoms with Gasteiger partial charge in [0.25, 0.3) is 0 Å². The molecule has 0 aliphatic carbocycles. The summed E-state index contributed by atoms with van der Waals surface area (Å²) >= 11 is 6.56. The third-order valence-corrected chi connectivity index (χ3v) is 7.65. The molecule has 0 bridgehead atoms. The third-order valence-electron chi connectivity index (χ3n) is 5.50. The van der Waals surface area contributed by atoms with E-state index in [0.29, 0.717) is 17.5 Å². The summed E-state index contributed by atoms with van der Waals surface area (Å²) in [4.78, 5) is 1.62. The van der Waals surface area contributed by atoms with E-state index in [4.69, 9.17) is 16.3 Å². The average Bonchev–Trinajstić information content (AvgIpc) is 3.08. The molecule has 3 rings (SSSR count). The van der Waals surface area contributed by atoms with Crippen LogP contribution >= 0.6 is 11.6 Å². The van der Waals surface area contributed by atoms with Gasteiger partial charge in [0.05, 0.1) is 42.0 Å².